The Labute approximate surface area is 208 Å². The summed E-state index contributed by atoms with van der Waals surface area (Å²) in [6, 6.07) is 13.5. The molecule has 1 N–H and O–H groups in total. The van der Waals surface area contributed by atoms with E-state index in [4.69, 9.17) is 4.98 Å². The van der Waals surface area contributed by atoms with Crippen molar-refractivity contribution in [3.63, 3.8) is 0 Å². The second kappa shape index (κ2) is 10.2. The minimum Gasteiger partial charge on any atom is -0.325 e. The molecule has 4 aromatic rings. The van der Waals surface area contributed by atoms with Crippen molar-refractivity contribution < 1.29 is 18.0 Å². The zero-order valence-electron chi connectivity index (χ0n) is 19.0. The first-order valence-electron chi connectivity index (χ1n) is 10.9. The summed E-state index contributed by atoms with van der Waals surface area (Å²) in [7, 11) is 0. The van der Waals surface area contributed by atoms with E-state index in [1.54, 1.807) is 12.1 Å². The van der Waals surface area contributed by atoms with E-state index in [9.17, 15) is 22.8 Å². The number of amides is 1. The van der Waals surface area contributed by atoms with Gasteiger partial charge in [0.25, 0.3) is 5.56 Å². The van der Waals surface area contributed by atoms with Gasteiger partial charge in [0.1, 0.15) is 4.83 Å². The summed E-state index contributed by atoms with van der Waals surface area (Å²) in [6.07, 6.45) is -2.71. The Morgan fingerprint density at radius 2 is 1.89 bits per heavy atom. The van der Waals surface area contributed by atoms with E-state index in [0.29, 0.717) is 21.1 Å². The van der Waals surface area contributed by atoms with Gasteiger partial charge in [0.15, 0.2) is 5.16 Å². The number of carbonyl (C=O) groups is 1. The number of hydrogen-bond donors (Lipinski definition) is 1. The third-order valence-electron chi connectivity index (χ3n) is 5.33. The number of nitrogens with zero attached hydrogens (tertiary/aromatic N) is 2. The molecule has 0 atom stereocenters. The van der Waals surface area contributed by atoms with Crippen LogP contribution in [0.15, 0.2) is 64.5 Å². The molecule has 0 saturated heterocycles. The number of nitrogens with one attached hydrogen (secondary N) is 1. The van der Waals surface area contributed by atoms with Gasteiger partial charge in [-0.3, -0.25) is 14.2 Å². The number of rotatable bonds is 7. The topological polar surface area (TPSA) is 64.0 Å². The van der Waals surface area contributed by atoms with Crippen molar-refractivity contribution in [2.24, 2.45) is 0 Å². The largest absolute Gasteiger partial charge is 0.416 e. The van der Waals surface area contributed by atoms with Crippen molar-refractivity contribution >= 4 is 44.9 Å². The van der Waals surface area contributed by atoms with Gasteiger partial charge in [0.05, 0.1) is 22.4 Å². The third-order valence-corrected chi connectivity index (χ3v) is 7.51. The molecule has 0 aliphatic rings. The fraction of sp³-hybridized carbons (Fsp3) is 0.240. The molecule has 0 aliphatic carbocycles. The number of aromatic nitrogens is 2. The Hall–Kier alpha value is -3.11. The molecule has 35 heavy (non-hydrogen) atoms. The maximum atomic E-state index is 13.6. The van der Waals surface area contributed by atoms with Gasteiger partial charge < -0.3 is 5.32 Å². The van der Waals surface area contributed by atoms with Crippen LogP contribution < -0.4 is 10.9 Å². The molecule has 0 aliphatic heterocycles. The van der Waals surface area contributed by atoms with Crippen LogP contribution >= 0.6 is 23.1 Å². The van der Waals surface area contributed by atoms with Gasteiger partial charge in [-0.25, -0.2) is 4.98 Å². The molecule has 4 rings (SSSR count). The average molecular weight is 518 g/mol. The Balaban J connectivity index is 1.65. The quantitative estimate of drug-likeness (QED) is 0.226. The molecule has 182 valence electrons. The van der Waals surface area contributed by atoms with Gasteiger partial charge in [-0.1, -0.05) is 49.4 Å². The number of thioether (sulfide) groups is 1. The van der Waals surface area contributed by atoms with Crippen LogP contribution in [0.4, 0.5) is 18.9 Å². The first-order valence-corrected chi connectivity index (χ1v) is 12.7. The van der Waals surface area contributed by atoms with E-state index in [0.717, 1.165) is 47.2 Å². The maximum absolute atomic E-state index is 13.6. The van der Waals surface area contributed by atoms with Gasteiger partial charge in [-0.15, -0.1) is 11.3 Å². The molecular weight excluding hydrogens is 495 g/mol. The zero-order chi connectivity index (χ0) is 25.2. The summed E-state index contributed by atoms with van der Waals surface area (Å²) >= 11 is 2.54. The molecule has 2 heterocycles. The van der Waals surface area contributed by atoms with E-state index in [2.05, 4.69) is 12.2 Å². The highest BCUT2D eigenvalue weighted by Crippen LogP contribution is 2.32. The number of aryl methyl sites for hydroxylation is 2. The SMILES string of the molecule is CCCc1sc2nc(SCC(=O)Nc3cccc(C(F)(F)F)c3)n(-c3ccccc3)c(=O)c2c1C. The van der Waals surface area contributed by atoms with Crippen LogP contribution in [0.3, 0.4) is 0 Å². The average Bonchev–Trinajstić information content (AvgIpc) is 3.13. The molecule has 0 bridgehead atoms. The van der Waals surface area contributed by atoms with Gasteiger partial charge in [0, 0.05) is 10.6 Å². The molecule has 1 amide bonds. The lowest BCUT2D eigenvalue weighted by molar-refractivity contribution is -0.137. The van der Waals surface area contributed by atoms with Crippen molar-refractivity contribution in [3.05, 3.63) is 81.0 Å². The number of halogens is 3. The van der Waals surface area contributed by atoms with Crippen LogP contribution in [0.2, 0.25) is 0 Å². The Bertz CT molecular complexity index is 1430. The minimum absolute atomic E-state index is 0.0485. The summed E-state index contributed by atoms with van der Waals surface area (Å²) in [5.41, 5.74) is 0.539. The molecule has 0 saturated carbocycles. The summed E-state index contributed by atoms with van der Waals surface area (Å²) in [5.74, 6) is -0.634. The normalized spacial score (nSPS) is 11.7. The molecular formula is C25H22F3N3O2S2. The molecule has 2 aromatic heterocycles. The molecule has 0 fully saturated rings. The van der Waals surface area contributed by atoms with Gasteiger partial charge >= 0.3 is 6.18 Å². The van der Waals surface area contributed by atoms with Crippen molar-refractivity contribution in [1.29, 1.82) is 0 Å². The van der Waals surface area contributed by atoms with Crippen molar-refractivity contribution in [3.8, 4) is 5.69 Å². The molecule has 0 radical (unpaired) electrons. The lowest BCUT2D eigenvalue weighted by atomic mass is 10.1. The minimum atomic E-state index is -4.50. The number of para-hydroxylation sites is 1. The van der Waals surface area contributed by atoms with Crippen LogP contribution in [-0.2, 0) is 17.4 Å². The Morgan fingerprint density at radius 3 is 2.57 bits per heavy atom. The predicted molar refractivity (Wildman–Crippen MR) is 135 cm³/mol. The number of alkyl halides is 3. The third kappa shape index (κ3) is 5.43. The van der Waals surface area contributed by atoms with Crippen LogP contribution in [0.25, 0.3) is 15.9 Å². The molecule has 5 nitrogen and oxygen atoms in total. The molecule has 0 unspecified atom stereocenters. The van der Waals surface area contributed by atoms with Crippen molar-refractivity contribution in [2.45, 2.75) is 38.0 Å². The standard InChI is InChI=1S/C25H22F3N3O2S2/c1-3-8-19-15(2)21-22(35-19)30-24(31(23(21)33)18-11-5-4-6-12-18)34-14-20(32)29-17-10-7-9-16(13-17)25(26,27)28/h4-7,9-13H,3,8,14H2,1-2H3,(H,29,32). The van der Waals surface area contributed by atoms with Crippen molar-refractivity contribution in [1.82, 2.24) is 9.55 Å². The van der Waals surface area contributed by atoms with Gasteiger partial charge in [-0.2, -0.15) is 13.2 Å². The predicted octanol–water partition coefficient (Wildman–Crippen LogP) is 6.46. The second-order valence-electron chi connectivity index (χ2n) is 7.87. The van der Waals surface area contributed by atoms with E-state index >= 15 is 0 Å². The van der Waals surface area contributed by atoms with Crippen LogP contribution in [0.5, 0.6) is 0 Å². The molecule has 2 aromatic carbocycles. The van der Waals surface area contributed by atoms with E-state index < -0.39 is 17.6 Å². The van der Waals surface area contributed by atoms with Crippen LogP contribution in [0, 0.1) is 6.92 Å². The number of thiophene rings is 1. The van der Waals surface area contributed by atoms with Gasteiger partial charge in [0.2, 0.25) is 5.91 Å². The fourth-order valence-electron chi connectivity index (χ4n) is 3.68. The number of carbonyl (C=O) groups excluding carboxylic acids is 1. The summed E-state index contributed by atoms with van der Waals surface area (Å²) in [4.78, 5) is 32.6. The smallest absolute Gasteiger partial charge is 0.325 e. The highest BCUT2D eigenvalue weighted by molar-refractivity contribution is 7.99. The van der Waals surface area contributed by atoms with Crippen LogP contribution in [-0.4, -0.2) is 21.2 Å². The number of anilines is 1. The highest BCUT2D eigenvalue weighted by atomic mass is 32.2. The first-order chi connectivity index (χ1) is 16.7. The number of hydrogen-bond acceptors (Lipinski definition) is 5. The summed E-state index contributed by atoms with van der Waals surface area (Å²) in [6.45, 7) is 4.00. The number of fused-ring (bicyclic) bond motifs is 1. The zero-order valence-corrected chi connectivity index (χ0v) is 20.6. The summed E-state index contributed by atoms with van der Waals surface area (Å²) < 4.78 is 40.4. The van der Waals surface area contributed by atoms with E-state index in [1.807, 2.05) is 25.1 Å². The highest BCUT2D eigenvalue weighted by Gasteiger charge is 2.30. The first kappa shape index (κ1) is 25.0. The molecule has 0 spiro atoms. The van der Waals surface area contributed by atoms with E-state index in [-0.39, 0.29) is 17.0 Å². The fourth-order valence-corrected chi connectivity index (χ4v) is 5.81. The lowest BCUT2D eigenvalue weighted by Gasteiger charge is -2.13. The monoisotopic (exact) mass is 517 g/mol. The maximum Gasteiger partial charge on any atom is 0.416 e. The lowest BCUT2D eigenvalue weighted by Crippen LogP contribution is -2.22. The van der Waals surface area contributed by atoms with Crippen molar-refractivity contribution in [2.75, 3.05) is 11.1 Å². The Morgan fingerprint density at radius 1 is 1.14 bits per heavy atom. The summed E-state index contributed by atoms with van der Waals surface area (Å²) in [5, 5.41) is 3.41. The van der Waals surface area contributed by atoms with Crippen LogP contribution in [0.1, 0.15) is 29.3 Å². The second-order valence-corrected chi connectivity index (χ2v) is 9.89. The number of benzene rings is 2. The van der Waals surface area contributed by atoms with Gasteiger partial charge in [-0.05, 0) is 49.2 Å². The Kier molecular flexibility index (Phi) is 7.32. The van der Waals surface area contributed by atoms with E-state index in [1.165, 1.54) is 28.0 Å². The molecule has 10 heteroatoms.